The summed E-state index contributed by atoms with van der Waals surface area (Å²) in [5.41, 5.74) is 0.870. The fourth-order valence-electron chi connectivity index (χ4n) is 2.29. The minimum atomic E-state index is -0.487. The molecule has 0 aliphatic rings. The molecule has 0 aliphatic heterocycles. The van der Waals surface area contributed by atoms with Crippen LogP contribution in [0.15, 0.2) is 54.6 Å². The normalized spacial score (nSPS) is 10.6. The predicted molar refractivity (Wildman–Crippen MR) is 108 cm³/mol. The fraction of sp³-hybridized carbons (Fsp3) is 0.304. The predicted octanol–water partition coefficient (Wildman–Crippen LogP) is 5.19. The molecule has 2 aromatic carbocycles. The maximum atomic E-state index is 12.0. The highest BCUT2D eigenvalue weighted by Gasteiger charge is 2.05. The van der Waals surface area contributed by atoms with Gasteiger partial charge in [-0.05, 0) is 60.9 Å². The SMILES string of the molecule is CCCCC(=O)Oc1ccc(OC(=O)C=Cc2ccc(OCCC)cc2)cc1. The lowest BCUT2D eigenvalue weighted by atomic mass is 10.2. The van der Waals surface area contributed by atoms with E-state index in [1.54, 1.807) is 30.3 Å². The molecule has 28 heavy (non-hydrogen) atoms. The van der Waals surface area contributed by atoms with Gasteiger partial charge in [-0.25, -0.2) is 4.79 Å². The Kier molecular flexibility index (Phi) is 8.79. The van der Waals surface area contributed by atoms with Crippen molar-refractivity contribution < 1.29 is 23.8 Å². The van der Waals surface area contributed by atoms with Crippen molar-refractivity contribution in [2.45, 2.75) is 39.5 Å². The summed E-state index contributed by atoms with van der Waals surface area (Å²) < 4.78 is 16.0. The molecule has 0 amide bonds. The third-order valence-electron chi connectivity index (χ3n) is 3.77. The molecule has 0 unspecified atom stereocenters. The van der Waals surface area contributed by atoms with Crippen LogP contribution >= 0.6 is 0 Å². The van der Waals surface area contributed by atoms with Crippen LogP contribution in [0.5, 0.6) is 17.2 Å². The fourth-order valence-corrected chi connectivity index (χ4v) is 2.29. The van der Waals surface area contributed by atoms with Crippen molar-refractivity contribution in [1.82, 2.24) is 0 Å². The number of rotatable bonds is 10. The Labute approximate surface area is 165 Å². The molecule has 5 nitrogen and oxygen atoms in total. The van der Waals surface area contributed by atoms with Gasteiger partial charge in [0, 0.05) is 12.5 Å². The number of carbonyl (C=O) groups is 2. The standard InChI is InChI=1S/C23H26O5/c1-3-5-6-22(24)27-20-12-14-21(15-13-20)28-23(25)16-9-18-7-10-19(11-8-18)26-17-4-2/h7-16H,3-6,17H2,1-2H3. The van der Waals surface area contributed by atoms with Gasteiger partial charge in [-0.3, -0.25) is 4.79 Å². The number of hydrogen-bond acceptors (Lipinski definition) is 5. The van der Waals surface area contributed by atoms with Crippen LogP contribution in [-0.4, -0.2) is 18.5 Å². The van der Waals surface area contributed by atoms with Crippen LogP contribution in [0.3, 0.4) is 0 Å². The first kappa shape index (κ1) is 21.2. The quantitative estimate of drug-likeness (QED) is 0.321. The zero-order chi connectivity index (χ0) is 20.2. The highest BCUT2D eigenvalue weighted by atomic mass is 16.5. The van der Waals surface area contributed by atoms with Gasteiger partial charge in [0.05, 0.1) is 6.61 Å². The third-order valence-corrected chi connectivity index (χ3v) is 3.77. The Morgan fingerprint density at radius 1 is 0.821 bits per heavy atom. The van der Waals surface area contributed by atoms with Crippen LogP contribution in [0.4, 0.5) is 0 Å². The summed E-state index contributed by atoms with van der Waals surface area (Å²) in [5.74, 6) is 0.866. The molecule has 0 fully saturated rings. The Morgan fingerprint density at radius 2 is 1.43 bits per heavy atom. The van der Waals surface area contributed by atoms with Crippen molar-refractivity contribution in [2.24, 2.45) is 0 Å². The van der Waals surface area contributed by atoms with Crippen molar-refractivity contribution in [3.63, 3.8) is 0 Å². The lowest BCUT2D eigenvalue weighted by Gasteiger charge is -2.05. The van der Waals surface area contributed by atoms with Gasteiger partial charge in [0.2, 0.25) is 0 Å². The van der Waals surface area contributed by atoms with Crippen LogP contribution < -0.4 is 14.2 Å². The second-order valence-corrected chi connectivity index (χ2v) is 6.22. The summed E-state index contributed by atoms with van der Waals surface area (Å²) in [6.45, 7) is 4.75. The molecule has 0 aromatic heterocycles. The van der Waals surface area contributed by atoms with Crippen LogP contribution in [0.1, 0.15) is 45.1 Å². The molecular weight excluding hydrogens is 356 g/mol. The average Bonchev–Trinajstić information content (AvgIpc) is 2.71. The first-order chi connectivity index (χ1) is 13.6. The van der Waals surface area contributed by atoms with Crippen molar-refractivity contribution in [3.05, 3.63) is 60.2 Å². The third kappa shape index (κ3) is 7.66. The highest BCUT2D eigenvalue weighted by Crippen LogP contribution is 2.19. The molecule has 148 valence electrons. The van der Waals surface area contributed by atoms with E-state index in [0.29, 0.717) is 24.5 Å². The lowest BCUT2D eigenvalue weighted by Crippen LogP contribution is -2.07. The zero-order valence-corrected chi connectivity index (χ0v) is 16.4. The van der Waals surface area contributed by atoms with E-state index in [1.807, 2.05) is 31.2 Å². The molecule has 0 heterocycles. The number of benzene rings is 2. The minimum Gasteiger partial charge on any atom is -0.494 e. The molecule has 0 saturated heterocycles. The summed E-state index contributed by atoms with van der Waals surface area (Å²) >= 11 is 0. The molecule has 2 rings (SSSR count). The van der Waals surface area contributed by atoms with Gasteiger partial charge in [0.15, 0.2) is 0 Å². The molecule has 5 heteroatoms. The second-order valence-electron chi connectivity index (χ2n) is 6.22. The highest BCUT2D eigenvalue weighted by molar-refractivity contribution is 5.88. The Morgan fingerprint density at radius 3 is 2.04 bits per heavy atom. The number of ether oxygens (including phenoxy) is 3. The summed E-state index contributed by atoms with van der Waals surface area (Å²) in [6, 6.07) is 13.9. The Balaban J connectivity index is 1.83. The summed E-state index contributed by atoms with van der Waals surface area (Å²) in [5, 5.41) is 0. The molecule has 0 atom stereocenters. The van der Waals surface area contributed by atoms with E-state index in [9.17, 15) is 9.59 Å². The first-order valence-corrected chi connectivity index (χ1v) is 9.54. The number of esters is 2. The van der Waals surface area contributed by atoms with Crippen molar-refractivity contribution >= 4 is 18.0 Å². The van der Waals surface area contributed by atoms with E-state index >= 15 is 0 Å². The van der Waals surface area contributed by atoms with E-state index in [2.05, 4.69) is 6.92 Å². The molecule has 0 bridgehead atoms. The summed E-state index contributed by atoms with van der Waals surface area (Å²) in [7, 11) is 0. The van der Waals surface area contributed by atoms with Crippen LogP contribution in [0.2, 0.25) is 0 Å². The summed E-state index contributed by atoms with van der Waals surface area (Å²) in [4.78, 5) is 23.6. The maximum Gasteiger partial charge on any atom is 0.336 e. The van der Waals surface area contributed by atoms with Gasteiger partial charge in [-0.15, -0.1) is 0 Å². The number of hydrogen-bond donors (Lipinski definition) is 0. The topological polar surface area (TPSA) is 61.8 Å². The van der Waals surface area contributed by atoms with Gasteiger partial charge in [-0.2, -0.15) is 0 Å². The van der Waals surface area contributed by atoms with Crippen molar-refractivity contribution in [1.29, 1.82) is 0 Å². The van der Waals surface area contributed by atoms with Gasteiger partial charge in [-0.1, -0.05) is 32.4 Å². The number of carbonyl (C=O) groups excluding carboxylic acids is 2. The van der Waals surface area contributed by atoms with Gasteiger partial charge >= 0.3 is 11.9 Å². The minimum absolute atomic E-state index is 0.263. The molecule has 0 N–H and O–H groups in total. The van der Waals surface area contributed by atoms with Crippen molar-refractivity contribution in [3.8, 4) is 17.2 Å². The molecule has 0 spiro atoms. The van der Waals surface area contributed by atoms with Crippen LogP contribution in [0.25, 0.3) is 6.08 Å². The lowest BCUT2D eigenvalue weighted by molar-refractivity contribution is -0.134. The Hall–Kier alpha value is -3.08. The van der Waals surface area contributed by atoms with E-state index in [0.717, 1.165) is 30.6 Å². The molecule has 0 radical (unpaired) electrons. The van der Waals surface area contributed by atoms with Gasteiger partial charge in [0.1, 0.15) is 17.2 Å². The number of unbranched alkanes of at least 4 members (excludes halogenated alkanes) is 1. The van der Waals surface area contributed by atoms with E-state index in [1.165, 1.54) is 6.08 Å². The molecule has 2 aromatic rings. The van der Waals surface area contributed by atoms with Gasteiger partial charge < -0.3 is 14.2 Å². The zero-order valence-electron chi connectivity index (χ0n) is 16.4. The monoisotopic (exact) mass is 382 g/mol. The molecule has 0 aliphatic carbocycles. The van der Waals surface area contributed by atoms with E-state index in [-0.39, 0.29) is 5.97 Å². The van der Waals surface area contributed by atoms with Crippen LogP contribution in [0, 0.1) is 0 Å². The average molecular weight is 382 g/mol. The van der Waals surface area contributed by atoms with E-state index < -0.39 is 5.97 Å². The Bertz CT molecular complexity index is 776. The van der Waals surface area contributed by atoms with Crippen LogP contribution in [-0.2, 0) is 9.59 Å². The first-order valence-electron chi connectivity index (χ1n) is 9.54. The smallest absolute Gasteiger partial charge is 0.336 e. The molecular formula is C23H26O5. The van der Waals surface area contributed by atoms with Gasteiger partial charge in [0.25, 0.3) is 0 Å². The maximum absolute atomic E-state index is 12.0. The molecule has 0 saturated carbocycles. The second kappa shape index (κ2) is 11.6. The van der Waals surface area contributed by atoms with Crippen molar-refractivity contribution in [2.75, 3.05) is 6.61 Å². The summed E-state index contributed by atoms with van der Waals surface area (Å²) in [6.07, 6.45) is 6.12. The van der Waals surface area contributed by atoms with E-state index in [4.69, 9.17) is 14.2 Å². The largest absolute Gasteiger partial charge is 0.494 e.